The van der Waals surface area contributed by atoms with E-state index in [0.717, 1.165) is 31.0 Å². The number of hydrogen-bond acceptors (Lipinski definition) is 5. The van der Waals surface area contributed by atoms with Crippen LogP contribution in [-0.2, 0) is 4.74 Å². The predicted molar refractivity (Wildman–Crippen MR) is 112 cm³/mol. The summed E-state index contributed by atoms with van der Waals surface area (Å²) in [7, 11) is 0. The zero-order valence-corrected chi connectivity index (χ0v) is 17.8. The molecule has 0 aliphatic carbocycles. The third kappa shape index (κ3) is 3.80. The highest BCUT2D eigenvalue weighted by Crippen LogP contribution is 2.47. The van der Waals surface area contributed by atoms with Crippen LogP contribution in [0.1, 0.15) is 52.0 Å². The van der Waals surface area contributed by atoms with Crippen LogP contribution >= 0.6 is 27.7 Å². The van der Waals surface area contributed by atoms with Crippen molar-refractivity contribution in [1.29, 1.82) is 0 Å². The number of fused-ring (bicyclic) bond motifs is 1. The summed E-state index contributed by atoms with van der Waals surface area (Å²) in [5.41, 5.74) is 1.13. The van der Waals surface area contributed by atoms with Crippen LogP contribution in [0.4, 0.5) is 0 Å². The van der Waals surface area contributed by atoms with E-state index in [2.05, 4.69) is 65.3 Å². The van der Waals surface area contributed by atoms with Gasteiger partial charge in [-0.25, -0.2) is 4.68 Å². The van der Waals surface area contributed by atoms with Gasteiger partial charge in [-0.05, 0) is 58.3 Å². The smallest absolute Gasteiger partial charge is 0.150 e. The normalized spacial score (nSPS) is 28.9. The van der Waals surface area contributed by atoms with Gasteiger partial charge >= 0.3 is 0 Å². The Morgan fingerprint density at radius 2 is 2.19 bits per heavy atom. The molecule has 0 aromatic carbocycles. The van der Waals surface area contributed by atoms with Gasteiger partial charge in [-0.1, -0.05) is 15.9 Å². The third-order valence-electron chi connectivity index (χ3n) is 4.58. The fraction of sp³-hybridized carbons (Fsp3) is 0.579. The predicted octanol–water partition coefficient (Wildman–Crippen LogP) is 4.49. The van der Waals surface area contributed by atoms with E-state index in [0.29, 0.717) is 5.25 Å². The number of halogens is 1. The Morgan fingerprint density at radius 1 is 1.35 bits per heavy atom. The highest BCUT2D eigenvalue weighted by molar-refractivity contribution is 9.12. The van der Waals surface area contributed by atoms with Crippen LogP contribution in [0.5, 0.6) is 0 Å². The van der Waals surface area contributed by atoms with Crippen LogP contribution < -0.4 is 5.32 Å². The fourth-order valence-corrected chi connectivity index (χ4v) is 5.48. The molecule has 1 fully saturated rings. The molecule has 0 spiro atoms. The largest absolute Gasteiger partial charge is 0.366 e. The van der Waals surface area contributed by atoms with Crippen molar-refractivity contribution in [1.82, 2.24) is 15.1 Å². The molecule has 3 atom stereocenters. The second-order valence-corrected chi connectivity index (χ2v) is 10.1. The molecule has 7 heteroatoms. The molecule has 5 nitrogen and oxygen atoms in total. The number of aliphatic imine (C=N–C) groups is 1. The van der Waals surface area contributed by atoms with Gasteiger partial charge in [-0.2, -0.15) is 5.10 Å². The standard InChI is InChI=1S/C19H25BrN4OS/c1-19(2,3)23-16-10-12(20)18-13(22-16)11-15(26-18)14-7-8-21-24(14)17-6-4-5-9-25-17/h7-8,10-11,13,17-18H,4-6,9H2,1-3H3,(H,22,23). The molecule has 3 aliphatic rings. The molecule has 0 radical (unpaired) electrons. The van der Waals surface area contributed by atoms with Crippen molar-refractivity contribution in [2.24, 2.45) is 4.99 Å². The average molecular weight is 437 g/mol. The van der Waals surface area contributed by atoms with E-state index in [1.165, 1.54) is 15.8 Å². The minimum atomic E-state index is -0.00924. The Hall–Kier alpha value is -1.05. The Labute approximate surface area is 167 Å². The molecule has 0 amide bonds. The topological polar surface area (TPSA) is 51.4 Å². The summed E-state index contributed by atoms with van der Waals surface area (Å²) in [6.07, 6.45) is 9.67. The maximum Gasteiger partial charge on any atom is 0.150 e. The molecule has 26 heavy (non-hydrogen) atoms. The number of thioether (sulfide) groups is 1. The molecule has 0 saturated carbocycles. The van der Waals surface area contributed by atoms with E-state index in [1.54, 1.807) is 0 Å². The number of ether oxygens (including phenoxy) is 1. The zero-order chi connectivity index (χ0) is 18.3. The molecule has 1 saturated heterocycles. The molecule has 1 N–H and O–H groups in total. The number of hydrogen-bond donors (Lipinski definition) is 1. The van der Waals surface area contributed by atoms with Crippen molar-refractivity contribution in [3.63, 3.8) is 0 Å². The SMILES string of the molecule is CC(C)(C)NC1=NC2C=C(c3ccnn3C3CCCCO3)SC2C(Br)=C1. The number of aromatic nitrogens is 2. The molecule has 140 valence electrons. The molecule has 0 bridgehead atoms. The molecule has 1 aromatic heterocycles. The lowest BCUT2D eigenvalue weighted by Gasteiger charge is -2.27. The number of nitrogens with one attached hydrogen (secondary N) is 1. The van der Waals surface area contributed by atoms with Crippen LogP contribution in [0.25, 0.3) is 4.91 Å². The lowest BCUT2D eigenvalue weighted by atomic mass is 10.1. The Morgan fingerprint density at radius 3 is 2.92 bits per heavy atom. The lowest BCUT2D eigenvalue weighted by Crippen LogP contribution is -2.42. The van der Waals surface area contributed by atoms with Gasteiger partial charge in [0.25, 0.3) is 0 Å². The Balaban J connectivity index is 1.58. The summed E-state index contributed by atoms with van der Waals surface area (Å²) in [5, 5.41) is 8.33. The second-order valence-electron chi connectivity index (χ2n) is 7.96. The van der Waals surface area contributed by atoms with E-state index in [4.69, 9.17) is 9.73 Å². The average Bonchev–Trinajstić information content (AvgIpc) is 3.20. The first-order valence-corrected chi connectivity index (χ1v) is 10.8. The first-order chi connectivity index (χ1) is 12.4. The van der Waals surface area contributed by atoms with E-state index >= 15 is 0 Å². The van der Waals surface area contributed by atoms with Gasteiger partial charge in [0.05, 0.1) is 17.0 Å². The number of amidine groups is 1. The first-order valence-electron chi connectivity index (χ1n) is 9.18. The van der Waals surface area contributed by atoms with Gasteiger partial charge in [0, 0.05) is 27.7 Å². The van der Waals surface area contributed by atoms with Crippen LogP contribution in [0.2, 0.25) is 0 Å². The van der Waals surface area contributed by atoms with Crippen molar-refractivity contribution in [3.05, 3.63) is 34.6 Å². The molecular weight excluding hydrogens is 412 g/mol. The van der Waals surface area contributed by atoms with Crippen molar-refractivity contribution in [3.8, 4) is 0 Å². The van der Waals surface area contributed by atoms with Crippen molar-refractivity contribution in [2.45, 2.75) is 63.1 Å². The maximum atomic E-state index is 5.94. The van der Waals surface area contributed by atoms with Crippen molar-refractivity contribution < 1.29 is 4.74 Å². The molecule has 4 rings (SSSR count). The third-order valence-corrected chi connectivity index (χ3v) is 6.99. The molecule has 3 aliphatic heterocycles. The van der Waals surface area contributed by atoms with Crippen molar-refractivity contribution >= 4 is 38.4 Å². The van der Waals surface area contributed by atoms with Gasteiger partial charge < -0.3 is 10.1 Å². The van der Waals surface area contributed by atoms with Gasteiger partial charge in [0.2, 0.25) is 0 Å². The van der Waals surface area contributed by atoms with Crippen molar-refractivity contribution in [2.75, 3.05) is 6.61 Å². The van der Waals surface area contributed by atoms with Crippen LogP contribution in [0.15, 0.2) is 33.9 Å². The Bertz CT molecular complexity index is 771. The second kappa shape index (κ2) is 7.17. The molecular formula is C19H25BrN4OS. The first kappa shape index (κ1) is 18.3. The van der Waals surface area contributed by atoms with E-state index in [1.807, 2.05) is 22.6 Å². The van der Waals surface area contributed by atoms with Gasteiger partial charge in [-0.15, -0.1) is 11.8 Å². The molecule has 1 aromatic rings. The summed E-state index contributed by atoms with van der Waals surface area (Å²) in [5.74, 6) is 0.938. The lowest BCUT2D eigenvalue weighted by molar-refractivity contribution is -0.0398. The molecule has 3 unspecified atom stereocenters. The van der Waals surface area contributed by atoms with Gasteiger partial charge in [-0.3, -0.25) is 4.99 Å². The van der Waals surface area contributed by atoms with Crippen LogP contribution in [-0.4, -0.2) is 39.1 Å². The fourth-order valence-electron chi connectivity index (χ4n) is 3.48. The summed E-state index contributed by atoms with van der Waals surface area (Å²) < 4.78 is 9.17. The summed E-state index contributed by atoms with van der Waals surface area (Å²) in [6.45, 7) is 7.27. The van der Waals surface area contributed by atoms with Gasteiger partial charge in [0.1, 0.15) is 5.84 Å². The zero-order valence-electron chi connectivity index (χ0n) is 15.4. The highest BCUT2D eigenvalue weighted by atomic mass is 79.9. The summed E-state index contributed by atoms with van der Waals surface area (Å²) in [4.78, 5) is 6.16. The monoisotopic (exact) mass is 436 g/mol. The van der Waals surface area contributed by atoms with Crippen LogP contribution in [0, 0.1) is 0 Å². The summed E-state index contributed by atoms with van der Waals surface area (Å²) >= 11 is 5.62. The Kier molecular flexibility index (Phi) is 5.05. The van der Waals surface area contributed by atoms with E-state index in [-0.39, 0.29) is 17.8 Å². The number of dihydropyridines is 1. The van der Waals surface area contributed by atoms with E-state index < -0.39 is 0 Å². The number of nitrogens with zero attached hydrogens (tertiary/aromatic N) is 3. The van der Waals surface area contributed by atoms with E-state index in [9.17, 15) is 0 Å². The molecule has 4 heterocycles. The minimum absolute atomic E-state index is 0.00924. The van der Waals surface area contributed by atoms with Crippen LogP contribution in [0.3, 0.4) is 0 Å². The number of rotatable bonds is 2. The highest BCUT2D eigenvalue weighted by Gasteiger charge is 2.35. The summed E-state index contributed by atoms with van der Waals surface area (Å²) in [6, 6.07) is 2.22. The quantitative estimate of drug-likeness (QED) is 0.741. The maximum absolute atomic E-state index is 5.94. The van der Waals surface area contributed by atoms with Gasteiger partial charge in [0.15, 0.2) is 6.23 Å². The minimum Gasteiger partial charge on any atom is -0.366 e.